The second-order valence-corrected chi connectivity index (χ2v) is 9.23. The molecule has 1 aliphatic carbocycles. The number of hydrogen-bond acceptors (Lipinski definition) is 6. The third kappa shape index (κ3) is 5.04. The summed E-state index contributed by atoms with van der Waals surface area (Å²) in [6.07, 6.45) is 6.96. The van der Waals surface area contributed by atoms with Gasteiger partial charge in [-0.3, -0.25) is 14.7 Å². The molecule has 1 unspecified atom stereocenters. The van der Waals surface area contributed by atoms with Crippen molar-refractivity contribution in [3.63, 3.8) is 0 Å². The van der Waals surface area contributed by atoms with Gasteiger partial charge in [0.2, 0.25) is 5.91 Å². The van der Waals surface area contributed by atoms with Crippen molar-refractivity contribution in [1.29, 1.82) is 0 Å². The van der Waals surface area contributed by atoms with Gasteiger partial charge in [-0.05, 0) is 44.9 Å². The van der Waals surface area contributed by atoms with Crippen LogP contribution in [0.15, 0.2) is 52.2 Å². The highest BCUT2D eigenvalue weighted by Crippen LogP contribution is 2.31. The van der Waals surface area contributed by atoms with E-state index in [2.05, 4.69) is 20.8 Å². The van der Waals surface area contributed by atoms with Gasteiger partial charge in [0.25, 0.3) is 0 Å². The number of rotatable bonds is 6. The number of furan rings is 1. The molecule has 168 valence electrons. The van der Waals surface area contributed by atoms with Gasteiger partial charge in [-0.25, -0.2) is 4.79 Å². The van der Waals surface area contributed by atoms with Crippen LogP contribution in [0, 0.1) is 6.92 Å². The van der Waals surface area contributed by atoms with Crippen LogP contribution in [0.3, 0.4) is 0 Å². The van der Waals surface area contributed by atoms with E-state index in [-0.39, 0.29) is 11.9 Å². The Balaban J connectivity index is 1.49. The lowest BCUT2D eigenvalue weighted by atomic mass is 9.96. The van der Waals surface area contributed by atoms with E-state index in [0.717, 1.165) is 42.7 Å². The molecule has 2 heterocycles. The van der Waals surface area contributed by atoms with E-state index in [0.29, 0.717) is 11.0 Å². The lowest BCUT2D eigenvalue weighted by Gasteiger charge is -2.23. The van der Waals surface area contributed by atoms with Crippen LogP contribution in [0.1, 0.15) is 44.8 Å². The fraction of sp³-hybridized carbons (Fsp3) is 0.391. The number of amides is 3. The van der Waals surface area contributed by atoms with Crippen LogP contribution in [0.2, 0.25) is 0 Å². The molecule has 1 fully saturated rings. The molecule has 1 saturated carbocycles. The summed E-state index contributed by atoms with van der Waals surface area (Å²) in [7, 11) is 0. The van der Waals surface area contributed by atoms with Gasteiger partial charge in [0, 0.05) is 11.7 Å². The molecule has 0 radical (unpaired) electrons. The van der Waals surface area contributed by atoms with Crippen LogP contribution in [-0.2, 0) is 4.79 Å². The number of hydrogen-bond donors (Lipinski definition) is 2. The Morgan fingerprint density at radius 1 is 1.12 bits per heavy atom. The first kappa shape index (κ1) is 22.1. The lowest BCUT2D eigenvalue weighted by molar-refractivity contribution is -0.119. The molecule has 0 spiro atoms. The highest BCUT2D eigenvalue weighted by Gasteiger charge is 2.25. The van der Waals surface area contributed by atoms with Crippen LogP contribution in [-0.4, -0.2) is 38.0 Å². The first-order chi connectivity index (χ1) is 15.5. The molecular weight excluding hydrogens is 426 g/mol. The smallest absolute Gasteiger partial charge is 0.321 e. The average Bonchev–Trinajstić information content (AvgIpc) is 3.40. The molecule has 9 heteroatoms. The van der Waals surface area contributed by atoms with Crippen molar-refractivity contribution in [2.24, 2.45) is 0 Å². The van der Waals surface area contributed by atoms with E-state index in [1.165, 1.54) is 18.2 Å². The Bertz CT molecular complexity index is 1070. The number of para-hydroxylation sites is 1. The number of urea groups is 1. The molecule has 1 aromatic carbocycles. The number of aromatic nitrogens is 3. The minimum Gasteiger partial charge on any atom is -0.469 e. The molecule has 4 rings (SSSR count). The van der Waals surface area contributed by atoms with Gasteiger partial charge in [0.05, 0.1) is 17.1 Å². The maximum atomic E-state index is 12.7. The van der Waals surface area contributed by atoms with Gasteiger partial charge < -0.3 is 9.73 Å². The topological polar surface area (TPSA) is 102 Å². The molecule has 2 N–H and O–H groups in total. The van der Waals surface area contributed by atoms with Crippen molar-refractivity contribution >= 4 is 23.7 Å². The summed E-state index contributed by atoms with van der Waals surface area (Å²) in [6.45, 7) is 3.62. The number of thioether (sulfide) groups is 1. The molecular formula is C23H27N5O3S. The SMILES string of the molecule is Cc1occc1-c1nnc(SC(C)C(=O)NC(=O)NC2CCCCC2)n1-c1ccccc1. The summed E-state index contributed by atoms with van der Waals surface area (Å²) in [5, 5.41) is 14.1. The van der Waals surface area contributed by atoms with Crippen molar-refractivity contribution in [1.82, 2.24) is 25.4 Å². The minimum atomic E-state index is -0.544. The highest BCUT2D eigenvalue weighted by molar-refractivity contribution is 8.00. The first-order valence-electron chi connectivity index (χ1n) is 10.9. The predicted molar refractivity (Wildman–Crippen MR) is 123 cm³/mol. The zero-order chi connectivity index (χ0) is 22.5. The van der Waals surface area contributed by atoms with Crippen LogP contribution in [0.5, 0.6) is 0 Å². The zero-order valence-corrected chi connectivity index (χ0v) is 19.0. The van der Waals surface area contributed by atoms with Crippen LogP contribution < -0.4 is 10.6 Å². The van der Waals surface area contributed by atoms with Gasteiger partial charge in [-0.1, -0.05) is 49.2 Å². The fourth-order valence-electron chi connectivity index (χ4n) is 3.84. The number of aryl methyl sites for hydroxylation is 1. The second-order valence-electron chi connectivity index (χ2n) is 7.93. The van der Waals surface area contributed by atoms with E-state index < -0.39 is 11.3 Å². The highest BCUT2D eigenvalue weighted by atomic mass is 32.2. The summed E-state index contributed by atoms with van der Waals surface area (Å²) < 4.78 is 7.35. The Kier molecular flexibility index (Phi) is 6.94. The quantitative estimate of drug-likeness (QED) is 0.534. The van der Waals surface area contributed by atoms with Gasteiger partial charge in [-0.15, -0.1) is 10.2 Å². The Morgan fingerprint density at radius 2 is 1.88 bits per heavy atom. The van der Waals surface area contributed by atoms with Crippen LogP contribution in [0.25, 0.3) is 17.1 Å². The summed E-state index contributed by atoms with van der Waals surface area (Å²) in [5.41, 5.74) is 1.70. The van der Waals surface area contributed by atoms with Crippen molar-refractivity contribution in [3.8, 4) is 17.1 Å². The Morgan fingerprint density at radius 3 is 2.56 bits per heavy atom. The summed E-state index contributed by atoms with van der Waals surface area (Å²) in [6, 6.07) is 11.3. The number of nitrogens with zero attached hydrogens (tertiary/aromatic N) is 3. The first-order valence-corrected chi connectivity index (χ1v) is 11.7. The lowest BCUT2D eigenvalue weighted by Crippen LogP contribution is -2.47. The second kappa shape index (κ2) is 10.0. The predicted octanol–water partition coefficient (Wildman–Crippen LogP) is 4.47. The molecule has 0 bridgehead atoms. The van der Waals surface area contributed by atoms with Crippen molar-refractivity contribution in [2.75, 3.05) is 0 Å². The van der Waals surface area contributed by atoms with Crippen LogP contribution >= 0.6 is 11.8 Å². The zero-order valence-electron chi connectivity index (χ0n) is 18.2. The molecule has 1 atom stereocenters. The fourth-order valence-corrected chi connectivity index (χ4v) is 4.71. The molecule has 8 nitrogen and oxygen atoms in total. The van der Waals surface area contributed by atoms with Crippen LogP contribution in [0.4, 0.5) is 4.79 Å². The third-order valence-electron chi connectivity index (χ3n) is 5.58. The van der Waals surface area contributed by atoms with Gasteiger partial charge in [0.1, 0.15) is 5.76 Å². The molecule has 3 amide bonds. The van der Waals surface area contributed by atoms with E-state index >= 15 is 0 Å². The molecule has 2 aromatic heterocycles. The third-order valence-corrected chi connectivity index (χ3v) is 6.62. The van der Waals surface area contributed by atoms with Crippen molar-refractivity contribution < 1.29 is 14.0 Å². The maximum Gasteiger partial charge on any atom is 0.321 e. The van der Waals surface area contributed by atoms with E-state index in [1.54, 1.807) is 13.2 Å². The number of imide groups is 1. The summed E-state index contributed by atoms with van der Waals surface area (Å²) >= 11 is 1.25. The molecule has 0 aliphatic heterocycles. The molecule has 3 aromatic rings. The standard InChI is InChI=1S/C23H27N5O3S/c1-15-19(13-14-31-15)20-26-27-23(28(20)18-11-7-4-8-12-18)32-16(2)21(29)25-22(30)24-17-9-5-3-6-10-17/h4,7-8,11-14,16-17H,3,5-6,9-10H2,1-2H3,(H2,24,25,29,30). The minimum absolute atomic E-state index is 0.140. The Hall–Kier alpha value is -3.07. The Labute approximate surface area is 191 Å². The number of nitrogens with one attached hydrogen (secondary N) is 2. The number of carbonyl (C=O) groups is 2. The summed E-state index contributed by atoms with van der Waals surface area (Å²) in [5.74, 6) is 0.996. The van der Waals surface area contributed by atoms with E-state index in [1.807, 2.05) is 47.9 Å². The number of benzene rings is 1. The van der Waals surface area contributed by atoms with Gasteiger partial charge >= 0.3 is 6.03 Å². The largest absolute Gasteiger partial charge is 0.469 e. The molecule has 1 aliphatic rings. The molecule has 0 saturated heterocycles. The monoisotopic (exact) mass is 453 g/mol. The molecule has 32 heavy (non-hydrogen) atoms. The van der Waals surface area contributed by atoms with E-state index in [4.69, 9.17) is 4.42 Å². The maximum absolute atomic E-state index is 12.7. The van der Waals surface area contributed by atoms with Crippen molar-refractivity contribution in [3.05, 3.63) is 48.4 Å². The normalized spacial score (nSPS) is 15.3. The van der Waals surface area contributed by atoms with E-state index in [9.17, 15) is 9.59 Å². The summed E-state index contributed by atoms with van der Waals surface area (Å²) in [4.78, 5) is 24.9. The average molecular weight is 454 g/mol. The van der Waals surface area contributed by atoms with Gasteiger partial charge in [0.15, 0.2) is 11.0 Å². The van der Waals surface area contributed by atoms with Gasteiger partial charge in [-0.2, -0.15) is 0 Å². The van der Waals surface area contributed by atoms with Crippen molar-refractivity contribution in [2.45, 2.75) is 62.4 Å². The number of carbonyl (C=O) groups excluding carboxylic acids is 2.